The molecule has 1 aromatic rings. The van der Waals surface area contributed by atoms with Crippen LogP contribution in [-0.2, 0) is 25.5 Å². The lowest BCUT2D eigenvalue weighted by molar-refractivity contribution is -0.143. The SMILES string of the molecule is CCOC(=O)C1=C(COC(=O)Cc2ccc(OC)cc2)NC(=O)N[C@H]1C. The molecule has 0 aliphatic carbocycles. The van der Waals surface area contributed by atoms with Crippen molar-refractivity contribution < 1.29 is 28.6 Å². The van der Waals surface area contributed by atoms with Crippen molar-refractivity contribution in [2.75, 3.05) is 20.3 Å². The van der Waals surface area contributed by atoms with Gasteiger partial charge in [0.1, 0.15) is 12.4 Å². The molecule has 1 aliphatic rings. The highest BCUT2D eigenvalue weighted by Gasteiger charge is 2.30. The molecular formula is C18H22N2O6. The number of methoxy groups -OCH3 is 1. The van der Waals surface area contributed by atoms with Gasteiger partial charge in [0.15, 0.2) is 0 Å². The van der Waals surface area contributed by atoms with Gasteiger partial charge in [-0.1, -0.05) is 12.1 Å². The summed E-state index contributed by atoms with van der Waals surface area (Å²) >= 11 is 0. The zero-order chi connectivity index (χ0) is 19.1. The van der Waals surface area contributed by atoms with Gasteiger partial charge in [0.05, 0.1) is 37.4 Å². The van der Waals surface area contributed by atoms with Gasteiger partial charge in [-0.3, -0.25) is 4.79 Å². The molecule has 2 amide bonds. The molecule has 8 nitrogen and oxygen atoms in total. The van der Waals surface area contributed by atoms with Crippen LogP contribution in [0.4, 0.5) is 4.79 Å². The summed E-state index contributed by atoms with van der Waals surface area (Å²) < 4.78 is 15.3. The summed E-state index contributed by atoms with van der Waals surface area (Å²) in [7, 11) is 1.56. The maximum Gasteiger partial charge on any atom is 0.338 e. The Balaban J connectivity index is 2.03. The monoisotopic (exact) mass is 362 g/mol. The summed E-state index contributed by atoms with van der Waals surface area (Å²) in [5.74, 6) is -0.349. The summed E-state index contributed by atoms with van der Waals surface area (Å²) in [5.41, 5.74) is 1.23. The minimum atomic E-state index is -0.561. The van der Waals surface area contributed by atoms with Crippen LogP contribution in [-0.4, -0.2) is 44.3 Å². The molecule has 2 rings (SSSR count). The molecule has 2 N–H and O–H groups in total. The average Bonchev–Trinajstić information content (AvgIpc) is 2.60. The molecule has 0 spiro atoms. The molecule has 0 aromatic heterocycles. The molecule has 8 heteroatoms. The molecule has 0 fully saturated rings. The lowest BCUT2D eigenvalue weighted by Crippen LogP contribution is -2.50. The molecule has 140 valence electrons. The van der Waals surface area contributed by atoms with Gasteiger partial charge in [0, 0.05) is 0 Å². The summed E-state index contributed by atoms with van der Waals surface area (Å²) in [6.45, 7) is 3.32. The number of rotatable bonds is 7. The molecule has 0 radical (unpaired) electrons. The van der Waals surface area contributed by atoms with Crippen LogP contribution in [0.5, 0.6) is 5.75 Å². The number of nitrogens with one attached hydrogen (secondary N) is 2. The Hall–Kier alpha value is -3.03. The van der Waals surface area contributed by atoms with E-state index in [9.17, 15) is 14.4 Å². The van der Waals surface area contributed by atoms with Crippen LogP contribution in [0.25, 0.3) is 0 Å². The zero-order valence-electron chi connectivity index (χ0n) is 15.0. The molecule has 1 aromatic carbocycles. The van der Waals surface area contributed by atoms with Gasteiger partial charge in [-0.25, -0.2) is 9.59 Å². The van der Waals surface area contributed by atoms with Crippen molar-refractivity contribution in [1.82, 2.24) is 10.6 Å². The highest BCUT2D eigenvalue weighted by molar-refractivity contribution is 5.94. The number of benzene rings is 1. The van der Waals surface area contributed by atoms with E-state index in [-0.39, 0.29) is 30.9 Å². The van der Waals surface area contributed by atoms with Gasteiger partial charge in [0.25, 0.3) is 0 Å². The second kappa shape index (κ2) is 8.89. The third kappa shape index (κ3) is 4.98. The average molecular weight is 362 g/mol. The maximum absolute atomic E-state index is 12.1. The van der Waals surface area contributed by atoms with Crippen molar-refractivity contribution in [3.63, 3.8) is 0 Å². The molecule has 1 heterocycles. The molecule has 0 saturated heterocycles. The lowest BCUT2D eigenvalue weighted by Gasteiger charge is -2.26. The largest absolute Gasteiger partial charge is 0.497 e. The fourth-order valence-electron chi connectivity index (χ4n) is 2.51. The van der Waals surface area contributed by atoms with E-state index in [4.69, 9.17) is 14.2 Å². The van der Waals surface area contributed by atoms with E-state index < -0.39 is 24.0 Å². The van der Waals surface area contributed by atoms with Crippen molar-refractivity contribution in [2.24, 2.45) is 0 Å². The Morgan fingerprint density at radius 3 is 2.46 bits per heavy atom. The van der Waals surface area contributed by atoms with Crippen molar-refractivity contribution in [3.05, 3.63) is 41.1 Å². The second-order valence-corrected chi connectivity index (χ2v) is 5.62. The van der Waals surface area contributed by atoms with E-state index in [1.165, 1.54) is 0 Å². The summed E-state index contributed by atoms with van der Waals surface area (Å²) in [6.07, 6.45) is 0.0633. The fraction of sp³-hybridized carbons (Fsp3) is 0.389. The van der Waals surface area contributed by atoms with Crippen molar-refractivity contribution in [2.45, 2.75) is 26.3 Å². The summed E-state index contributed by atoms with van der Waals surface area (Å²) in [4.78, 5) is 35.8. The first-order chi connectivity index (χ1) is 12.4. The Labute approximate surface area is 151 Å². The quantitative estimate of drug-likeness (QED) is 0.709. The second-order valence-electron chi connectivity index (χ2n) is 5.62. The minimum absolute atomic E-state index is 0.0633. The number of carbonyl (C=O) groups excluding carboxylic acids is 3. The Morgan fingerprint density at radius 1 is 1.15 bits per heavy atom. The first kappa shape index (κ1) is 19.3. The molecule has 0 saturated carbocycles. The summed E-state index contributed by atoms with van der Waals surface area (Å²) in [5, 5.41) is 5.08. The van der Waals surface area contributed by atoms with Gasteiger partial charge < -0.3 is 24.8 Å². The first-order valence-corrected chi connectivity index (χ1v) is 8.20. The number of urea groups is 1. The van der Waals surface area contributed by atoms with E-state index in [2.05, 4.69) is 10.6 Å². The highest BCUT2D eigenvalue weighted by Crippen LogP contribution is 2.15. The van der Waals surface area contributed by atoms with Gasteiger partial charge in [-0.2, -0.15) is 0 Å². The predicted molar refractivity (Wildman–Crippen MR) is 92.4 cm³/mol. The minimum Gasteiger partial charge on any atom is -0.497 e. The van der Waals surface area contributed by atoms with E-state index in [1.807, 2.05) is 0 Å². The maximum atomic E-state index is 12.1. The van der Waals surface area contributed by atoms with Crippen LogP contribution in [0.15, 0.2) is 35.5 Å². The van der Waals surface area contributed by atoms with Crippen LogP contribution >= 0.6 is 0 Å². The Kier molecular flexibility index (Phi) is 6.60. The predicted octanol–water partition coefficient (Wildman–Crippen LogP) is 1.30. The molecule has 0 bridgehead atoms. The number of ether oxygens (including phenoxy) is 3. The normalized spacial score (nSPS) is 16.4. The van der Waals surface area contributed by atoms with Crippen molar-refractivity contribution in [3.8, 4) is 5.75 Å². The van der Waals surface area contributed by atoms with Crippen LogP contribution in [0.2, 0.25) is 0 Å². The standard InChI is InChI=1S/C18H22N2O6/c1-4-25-17(22)16-11(2)19-18(23)20-14(16)10-26-15(21)9-12-5-7-13(24-3)8-6-12/h5-8,11H,4,9-10H2,1-3H3,(H2,19,20,23)/t11-/m0/s1. The molecule has 1 atom stereocenters. The smallest absolute Gasteiger partial charge is 0.338 e. The van der Waals surface area contributed by atoms with Crippen LogP contribution < -0.4 is 15.4 Å². The van der Waals surface area contributed by atoms with Crippen molar-refractivity contribution >= 4 is 18.0 Å². The number of hydrogen-bond donors (Lipinski definition) is 2. The van der Waals surface area contributed by atoms with Crippen molar-refractivity contribution in [1.29, 1.82) is 0 Å². The van der Waals surface area contributed by atoms with E-state index in [0.717, 1.165) is 5.56 Å². The van der Waals surface area contributed by atoms with Gasteiger partial charge in [-0.05, 0) is 31.5 Å². The van der Waals surface area contributed by atoms with E-state index in [0.29, 0.717) is 5.75 Å². The van der Waals surface area contributed by atoms with Gasteiger partial charge >= 0.3 is 18.0 Å². The molecule has 26 heavy (non-hydrogen) atoms. The Morgan fingerprint density at radius 2 is 1.85 bits per heavy atom. The topological polar surface area (TPSA) is 103 Å². The van der Waals surface area contributed by atoms with Crippen LogP contribution in [0, 0.1) is 0 Å². The number of carbonyl (C=O) groups is 3. The van der Waals surface area contributed by atoms with Crippen LogP contribution in [0.3, 0.4) is 0 Å². The third-order valence-corrected chi connectivity index (χ3v) is 3.75. The summed E-state index contributed by atoms with van der Waals surface area (Å²) in [6, 6.07) is 6.01. The van der Waals surface area contributed by atoms with E-state index in [1.54, 1.807) is 45.2 Å². The third-order valence-electron chi connectivity index (χ3n) is 3.75. The molecular weight excluding hydrogens is 340 g/mol. The Bertz CT molecular complexity index is 711. The lowest BCUT2D eigenvalue weighted by atomic mass is 10.0. The fourth-order valence-corrected chi connectivity index (χ4v) is 2.51. The number of amides is 2. The number of esters is 2. The number of hydrogen-bond acceptors (Lipinski definition) is 6. The zero-order valence-corrected chi connectivity index (χ0v) is 15.0. The van der Waals surface area contributed by atoms with E-state index >= 15 is 0 Å². The van der Waals surface area contributed by atoms with Crippen LogP contribution in [0.1, 0.15) is 19.4 Å². The van der Waals surface area contributed by atoms with Gasteiger partial charge in [0.2, 0.25) is 0 Å². The van der Waals surface area contributed by atoms with Gasteiger partial charge in [-0.15, -0.1) is 0 Å². The highest BCUT2D eigenvalue weighted by atomic mass is 16.5. The molecule has 0 unspecified atom stereocenters. The molecule has 1 aliphatic heterocycles. The first-order valence-electron chi connectivity index (χ1n) is 8.20.